The average Bonchev–Trinajstić information content (AvgIpc) is 1.72. The topological polar surface area (TPSA) is 17.1 Å². The fourth-order valence-corrected chi connectivity index (χ4v) is 5.53. The summed E-state index contributed by atoms with van der Waals surface area (Å²) in [6.45, 7) is 6.93. The first-order chi connectivity index (χ1) is 5.73. The molecule has 13 heavy (non-hydrogen) atoms. The minimum atomic E-state index is -1.62. The van der Waals surface area contributed by atoms with E-state index in [-0.39, 0.29) is 0 Å². The first kappa shape index (κ1) is 9.57. The lowest BCUT2D eigenvalue weighted by Gasteiger charge is -2.58. The second-order valence-electron chi connectivity index (χ2n) is 6.23. The van der Waals surface area contributed by atoms with Crippen LogP contribution in [-0.2, 0) is 9.52 Å². The Hall–Kier alpha value is 0.0200. The smallest absolute Gasteiger partial charge is 0.0224 e. The van der Waals surface area contributed by atoms with Crippen LogP contribution in [0.1, 0.15) is 33.6 Å². The highest BCUT2D eigenvalue weighted by Crippen LogP contribution is 2.58. The van der Waals surface area contributed by atoms with E-state index >= 15 is 0 Å². The molecule has 1 aliphatic heterocycles. The molecule has 1 spiro atoms. The second kappa shape index (κ2) is 2.33. The van der Waals surface area contributed by atoms with E-state index in [1.165, 1.54) is 12.8 Å². The van der Waals surface area contributed by atoms with Crippen molar-refractivity contribution in [3.63, 3.8) is 0 Å². The van der Waals surface area contributed by atoms with E-state index in [2.05, 4.69) is 26.6 Å². The van der Waals surface area contributed by atoms with Gasteiger partial charge in [-0.2, -0.15) is 0 Å². The lowest BCUT2D eigenvalue weighted by molar-refractivity contribution is 0.0110. The number of rotatable bonds is 0. The van der Waals surface area contributed by atoms with Gasteiger partial charge in [-0.1, -0.05) is 20.8 Å². The molecule has 0 unspecified atom stereocenters. The Morgan fingerprint density at radius 2 is 1.77 bits per heavy atom. The summed E-state index contributed by atoms with van der Waals surface area (Å²) in [6, 6.07) is 0. The van der Waals surface area contributed by atoms with Crippen LogP contribution in [0.15, 0.2) is 0 Å². The maximum Gasteiger partial charge on any atom is 0.0224 e. The zero-order valence-corrected chi connectivity index (χ0v) is 9.75. The first-order valence-corrected chi connectivity index (χ1v) is 7.12. The van der Waals surface area contributed by atoms with E-state index in [4.69, 9.17) is 0 Å². The molecule has 0 bridgehead atoms. The van der Waals surface area contributed by atoms with E-state index in [0.717, 1.165) is 17.4 Å². The van der Waals surface area contributed by atoms with Crippen LogP contribution in [0.4, 0.5) is 0 Å². The highest BCUT2D eigenvalue weighted by molar-refractivity contribution is 8.01. The van der Waals surface area contributed by atoms with Gasteiger partial charge in [0.2, 0.25) is 0 Å². The molecule has 2 fully saturated rings. The summed E-state index contributed by atoms with van der Waals surface area (Å²) in [4.78, 5) is 0. The van der Waals surface area contributed by atoms with Crippen molar-refractivity contribution in [3.8, 4) is 0 Å². The third-order valence-corrected chi connectivity index (χ3v) is 6.00. The molecular weight excluding hydrogens is 180 g/mol. The SMILES string of the molecule is C=S1(=O)CC2(CC(C(C)(C)C)C2)C1. The Morgan fingerprint density at radius 3 is 2.08 bits per heavy atom. The molecule has 2 heteroatoms. The van der Waals surface area contributed by atoms with Crippen LogP contribution in [0.25, 0.3) is 0 Å². The van der Waals surface area contributed by atoms with Crippen molar-refractivity contribution >= 4 is 15.4 Å². The van der Waals surface area contributed by atoms with Crippen molar-refractivity contribution in [3.05, 3.63) is 0 Å². The van der Waals surface area contributed by atoms with Crippen molar-refractivity contribution in [1.82, 2.24) is 0 Å². The van der Waals surface area contributed by atoms with Crippen molar-refractivity contribution < 1.29 is 4.21 Å². The Labute approximate surface area is 81.9 Å². The van der Waals surface area contributed by atoms with Gasteiger partial charge in [0.05, 0.1) is 0 Å². The van der Waals surface area contributed by atoms with Crippen molar-refractivity contribution in [1.29, 1.82) is 0 Å². The van der Waals surface area contributed by atoms with Gasteiger partial charge in [-0.05, 0) is 45.0 Å². The largest absolute Gasteiger partial charge is 0.268 e. The quantitative estimate of drug-likeness (QED) is 0.548. The minimum absolute atomic E-state index is 0.447. The normalized spacial score (nSPS) is 49.9. The van der Waals surface area contributed by atoms with Gasteiger partial charge in [-0.15, -0.1) is 0 Å². The summed E-state index contributed by atoms with van der Waals surface area (Å²) in [7, 11) is -1.62. The lowest BCUT2D eigenvalue weighted by atomic mass is 9.56. The number of hydrogen-bond acceptors (Lipinski definition) is 1. The summed E-state index contributed by atoms with van der Waals surface area (Å²) in [5, 5.41) is 0. The van der Waals surface area contributed by atoms with Crippen molar-refractivity contribution in [2.24, 2.45) is 16.7 Å². The molecule has 1 saturated carbocycles. The molecule has 0 aromatic rings. The predicted octanol–water partition coefficient (Wildman–Crippen LogP) is 2.16. The molecule has 0 aromatic heterocycles. The highest BCUT2D eigenvalue weighted by Gasteiger charge is 2.55. The van der Waals surface area contributed by atoms with Crippen molar-refractivity contribution in [2.45, 2.75) is 33.6 Å². The molecule has 1 aliphatic carbocycles. The first-order valence-electron chi connectivity index (χ1n) is 5.05. The zero-order valence-electron chi connectivity index (χ0n) is 8.93. The summed E-state index contributed by atoms with van der Waals surface area (Å²) in [5.41, 5.74) is 0.916. The molecule has 0 radical (unpaired) electrons. The Bertz CT molecular complexity index is 298. The van der Waals surface area contributed by atoms with Gasteiger partial charge in [-0.3, -0.25) is 4.21 Å². The summed E-state index contributed by atoms with van der Waals surface area (Å²) < 4.78 is 11.5. The Kier molecular flexibility index (Phi) is 1.72. The molecule has 0 aromatic carbocycles. The van der Waals surface area contributed by atoms with Crippen LogP contribution in [0.5, 0.6) is 0 Å². The third-order valence-electron chi connectivity index (χ3n) is 3.72. The maximum absolute atomic E-state index is 11.5. The second-order valence-corrected chi connectivity index (χ2v) is 8.74. The molecule has 1 heterocycles. The fourth-order valence-electron chi connectivity index (χ4n) is 2.91. The molecule has 0 atom stereocenters. The van der Waals surface area contributed by atoms with E-state index in [1.807, 2.05) is 0 Å². The van der Waals surface area contributed by atoms with Gasteiger partial charge >= 0.3 is 0 Å². The highest BCUT2D eigenvalue weighted by atomic mass is 32.2. The average molecular weight is 200 g/mol. The molecule has 1 nitrogen and oxygen atoms in total. The maximum atomic E-state index is 11.5. The van der Waals surface area contributed by atoms with E-state index in [9.17, 15) is 4.21 Å². The van der Waals surface area contributed by atoms with Crippen LogP contribution in [-0.4, -0.2) is 21.6 Å². The minimum Gasteiger partial charge on any atom is -0.268 e. The van der Waals surface area contributed by atoms with Gasteiger partial charge < -0.3 is 0 Å². The summed E-state index contributed by atoms with van der Waals surface area (Å²) in [5.74, 6) is 6.44. The molecule has 1 saturated heterocycles. The molecule has 76 valence electrons. The van der Waals surface area contributed by atoms with Crippen LogP contribution >= 0.6 is 0 Å². The van der Waals surface area contributed by atoms with Crippen LogP contribution in [0.2, 0.25) is 0 Å². The van der Waals surface area contributed by atoms with Gasteiger partial charge in [0, 0.05) is 11.5 Å². The van der Waals surface area contributed by atoms with E-state index < -0.39 is 9.52 Å². The van der Waals surface area contributed by atoms with Gasteiger partial charge in [0.25, 0.3) is 0 Å². The Balaban J connectivity index is 1.94. The standard InChI is InChI=1S/C11H20OS/c1-10(2,3)9-5-11(6-9)7-13(4,12)8-11/h9H,4-8H2,1-3H3. The molecular formula is C11H20OS. The van der Waals surface area contributed by atoms with E-state index in [0.29, 0.717) is 10.8 Å². The zero-order chi connectivity index (χ0) is 9.91. The van der Waals surface area contributed by atoms with Crippen LogP contribution < -0.4 is 0 Å². The van der Waals surface area contributed by atoms with E-state index in [1.54, 1.807) is 0 Å². The number of hydrogen-bond donors (Lipinski definition) is 0. The van der Waals surface area contributed by atoms with Gasteiger partial charge in [0.1, 0.15) is 0 Å². The molecule has 0 amide bonds. The van der Waals surface area contributed by atoms with Gasteiger partial charge in [0.15, 0.2) is 0 Å². The molecule has 2 aliphatic rings. The predicted molar refractivity (Wildman–Crippen MR) is 59.6 cm³/mol. The van der Waals surface area contributed by atoms with Crippen LogP contribution in [0, 0.1) is 16.7 Å². The van der Waals surface area contributed by atoms with Crippen LogP contribution in [0.3, 0.4) is 0 Å². The third kappa shape index (κ3) is 1.54. The van der Waals surface area contributed by atoms with Gasteiger partial charge in [-0.25, -0.2) is 0 Å². The lowest BCUT2D eigenvalue weighted by Crippen LogP contribution is -2.58. The molecule has 2 rings (SSSR count). The monoisotopic (exact) mass is 200 g/mol. The Morgan fingerprint density at radius 1 is 1.31 bits per heavy atom. The fraction of sp³-hybridized carbons (Fsp3) is 0.909. The summed E-state index contributed by atoms with van der Waals surface area (Å²) >= 11 is 0. The van der Waals surface area contributed by atoms with Crippen molar-refractivity contribution in [2.75, 3.05) is 11.5 Å². The molecule has 0 N–H and O–H groups in total. The summed E-state index contributed by atoms with van der Waals surface area (Å²) in [6.07, 6.45) is 2.59.